The fourth-order valence-corrected chi connectivity index (χ4v) is 5.35. The third-order valence-electron chi connectivity index (χ3n) is 6.37. The van der Waals surface area contributed by atoms with E-state index in [1.165, 1.54) is 5.56 Å². The number of aryl methyl sites for hydroxylation is 1. The van der Waals surface area contributed by atoms with Gasteiger partial charge in [-0.05, 0) is 47.9 Å². The lowest BCUT2D eigenvalue weighted by Crippen LogP contribution is -2.23. The summed E-state index contributed by atoms with van der Waals surface area (Å²) in [6.07, 6.45) is 1.29. The number of hydrogen-bond acceptors (Lipinski definition) is 2. The van der Waals surface area contributed by atoms with Gasteiger partial charge in [-0.25, -0.2) is 13.8 Å². The quantitative estimate of drug-likeness (QED) is 0.411. The van der Waals surface area contributed by atoms with E-state index in [0.29, 0.717) is 45.3 Å². The van der Waals surface area contributed by atoms with E-state index < -0.39 is 11.8 Å². The van der Waals surface area contributed by atoms with Crippen LogP contribution in [0.4, 0.5) is 8.78 Å². The predicted molar refractivity (Wildman–Crippen MR) is 124 cm³/mol. The topological polar surface area (TPSA) is 71.8 Å². The van der Waals surface area contributed by atoms with Crippen LogP contribution in [0.1, 0.15) is 73.4 Å². The summed E-state index contributed by atoms with van der Waals surface area (Å²) in [5.74, 6) is -3.01. The van der Waals surface area contributed by atoms with E-state index in [9.17, 15) is 13.6 Å². The molecule has 3 aromatic rings. The zero-order valence-corrected chi connectivity index (χ0v) is 19.2. The van der Waals surface area contributed by atoms with Crippen LogP contribution in [0.3, 0.4) is 0 Å². The second-order valence-corrected chi connectivity index (χ2v) is 9.34. The van der Waals surface area contributed by atoms with Crippen LogP contribution >= 0.6 is 23.2 Å². The number of carbonyl (C=O) groups is 1. The summed E-state index contributed by atoms with van der Waals surface area (Å²) in [6, 6.07) is 9.73. The minimum absolute atomic E-state index is 0.0845. The number of H-pyrrole nitrogens is 1. The van der Waals surface area contributed by atoms with E-state index in [2.05, 4.69) is 11.9 Å². The molecule has 4 nitrogen and oxygen atoms in total. The Labute approximate surface area is 195 Å². The maximum absolute atomic E-state index is 13.6. The van der Waals surface area contributed by atoms with Gasteiger partial charge in [-0.1, -0.05) is 54.4 Å². The fourth-order valence-electron chi connectivity index (χ4n) is 4.54. The molecule has 32 heavy (non-hydrogen) atoms. The smallest absolute Gasteiger partial charge is 0.248 e. The molecule has 0 radical (unpaired) electrons. The number of nitrogens with zero attached hydrogens (tertiary/aromatic N) is 1. The molecule has 1 amide bonds. The van der Waals surface area contributed by atoms with E-state index in [0.717, 1.165) is 12.0 Å². The molecule has 0 aliphatic heterocycles. The van der Waals surface area contributed by atoms with E-state index >= 15 is 0 Å². The van der Waals surface area contributed by atoms with E-state index in [-0.39, 0.29) is 31.1 Å². The zero-order valence-electron chi connectivity index (χ0n) is 17.7. The Bertz CT molecular complexity index is 1130. The molecule has 1 aliphatic carbocycles. The van der Waals surface area contributed by atoms with Gasteiger partial charge < -0.3 is 10.7 Å². The first-order valence-electron chi connectivity index (χ1n) is 10.8. The molecule has 1 heterocycles. The Hall–Kier alpha value is -2.18. The van der Waals surface area contributed by atoms with Gasteiger partial charge in [-0.15, -0.1) is 0 Å². The molecule has 0 spiro atoms. The summed E-state index contributed by atoms with van der Waals surface area (Å²) < 4.78 is 27.3. The summed E-state index contributed by atoms with van der Waals surface area (Å²) in [7, 11) is 0. The minimum Gasteiger partial charge on any atom is -0.370 e. The predicted octanol–water partition coefficient (Wildman–Crippen LogP) is 6.73. The highest BCUT2D eigenvalue weighted by Gasteiger charge is 2.37. The number of hydrogen-bond donors (Lipinski definition) is 2. The van der Waals surface area contributed by atoms with Crippen LogP contribution in [0.2, 0.25) is 10.0 Å². The highest BCUT2D eigenvalue weighted by molar-refractivity contribution is 6.39. The van der Waals surface area contributed by atoms with Gasteiger partial charge in [0, 0.05) is 24.3 Å². The van der Waals surface area contributed by atoms with Gasteiger partial charge in [0.05, 0.1) is 16.5 Å². The van der Waals surface area contributed by atoms with Gasteiger partial charge in [-0.3, -0.25) is 4.79 Å². The molecule has 170 valence electrons. The zero-order chi connectivity index (χ0) is 23.0. The van der Waals surface area contributed by atoms with Crippen LogP contribution < -0.4 is 5.73 Å². The summed E-state index contributed by atoms with van der Waals surface area (Å²) in [6.45, 7) is 2.08. The number of fused-ring (bicyclic) bond motifs is 1. The SMILES string of the molecule is CCc1ccc(C(CC(N)=O)c2nc3c(Cl)c(C4CCC(F)(F)CC4)c(Cl)cc3[nH]2)cc1. The largest absolute Gasteiger partial charge is 0.370 e. The van der Waals surface area contributed by atoms with Crippen LogP contribution in [0.15, 0.2) is 30.3 Å². The van der Waals surface area contributed by atoms with Crippen LogP contribution in [-0.2, 0) is 11.2 Å². The average Bonchev–Trinajstić information content (AvgIpc) is 3.17. The first kappa shape index (κ1) is 23.0. The maximum atomic E-state index is 13.6. The third-order valence-corrected chi connectivity index (χ3v) is 7.07. The van der Waals surface area contributed by atoms with Crippen molar-refractivity contribution < 1.29 is 13.6 Å². The second kappa shape index (κ2) is 8.99. The molecule has 1 aliphatic rings. The highest BCUT2D eigenvalue weighted by Crippen LogP contribution is 2.46. The Morgan fingerprint density at radius 1 is 1.25 bits per heavy atom. The normalized spacial score (nSPS) is 17.5. The van der Waals surface area contributed by atoms with Crippen LogP contribution in [0, 0.1) is 0 Å². The van der Waals surface area contributed by atoms with Crippen molar-refractivity contribution in [2.75, 3.05) is 0 Å². The van der Waals surface area contributed by atoms with Crippen molar-refractivity contribution in [1.29, 1.82) is 0 Å². The number of halogens is 4. The van der Waals surface area contributed by atoms with Crippen molar-refractivity contribution in [3.8, 4) is 0 Å². The molecule has 1 saturated carbocycles. The Kier molecular flexibility index (Phi) is 6.46. The van der Waals surface area contributed by atoms with E-state index in [1.54, 1.807) is 6.07 Å². The number of benzene rings is 2. The van der Waals surface area contributed by atoms with Crippen molar-refractivity contribution >= 4 is 40.1 Å². The summed E-state index contributed by atoms with van der Waals surface area (Å²) >= 11 is 13.3. The third kappa shape index (κ3) is 4.62. The van der Waals surface area contributed by atoms with Gasteiger partial charge in [0.25, 0.3) is 0 Å². The van der Waals surface area contributed by atoms with Crippen molar-refractivity contribution in [2.45, 2.75) is 63.2 Å². The summed E-state index contributed by atoms with van der Waals surface area (Å²) in [5.41, 5.74) is 9.47. The number of rotatable bonds is 6. The lowest BCUT2D eigenvalue weighted by Gasteiger charge is -2.29. The summed E-state index contributed by atoms with van der Waals surface area (Å²) in [4.78, 5) is 19.8. The number of amides is 1. The molecule has 1 fully saturated rings. The number of alkyl halides is 2. The number of carbonyl (C=O) groups excluding carboxylic acids is 1. The van der Waals surface area contributed by atoms with Crippen molar-refractivity contribution in [3.63, 3.8) is 0 Å². The van der Waals surface area contributed by atoms with Gasteiger partial charge in [0.15, 0.2) is 0 Å². The first-order chi connectivity index (χ1) is 15.2. The molecule has 4 rings (SSSR count). The van der Waals surface area contributed by atoms with Crippen LogP contribution in [-0.4, -0.2) is 21.8 Å². The Morgan fingerprint density at radius 2 is 1.91 bits per heavy atom. The number of primary amides is 1. The summed E-state index contributed by atoms with van der Waals surface area (Å²) in [5, 5.41) is 0.816. The lowest BCUT2D eigenvalue weighted by molar-refractivity contribution is -0.118. The molecule has 1 aromatic heterocycles. The van der Waals surface area contributed by atoms with Gasteiger partial charge in [0.2, 0.25) is 11.8 Å². The standard InChI is InChI=1S/C24H25Cl2F2N3O/c1-2-13-3-5-14(6-4-13)16(11-19(29)32)23-30-18-12-17(25)20(21(26)22(18)31-23)15-7-9-24(27,28)10-8-15/h3-6,12,15-16H,2,7-11H2,1H3,(H2,29,32)(H,30,31). The minimum atomic E-state index is -2.63. The number of aromatic amines is 1. The van der Waals surface area contributed by atoms with Gasteiger partial charge >= 0.3 is 0 Å². The average molecular weight is 480 g/mol. The molecule has 8 heteroatoms. The molecule has 0 bridgehead atoms. The number of nitrogens with one attached hydrogen (secondary N) is 1. The van der Waals surface area contributed by atoms with Gasteiger partial charge in [0.1, 0.15) is 11.3 Å². The molecule has 2 aromatic carbocycles. The Morgan fingerprint density at radius 3 is 2.50 bits per heavy atom. The molecule has 1 atom stereocenters. The van der Waals surface area contributed by atoms with Crippen LogP contribution in [0.25, 0.3) is 11.0 Å². The van der Waals surface area contributed by atoms with E-state index in [4.69, 9.17) is 33.9 Å². The monoisotopic (exact) mass is 479 g/mol. The van der Waals surface area contributed by atoms with Crippen molar-refractivity contribution in [3.05, 3.63) is 62.9 Å². The Balaban J connectivity index is 1.74. The molecule has 1 unspecified atom stereocenters. The lowest BCUT2D eigenvalue weighted by atomic mass is 9.82. The molecule has 3 N–H and O–H groups in total. The first-order valence-corrected chi connectivity index (χ1v) is 11.6. The molecular weight excluding hydrogens is 455 g/mol. The fraction of sp³-hybridized carbons (Fsp3) is 0.417. The number of nitrogens with two attached hydrogens (primary N) is 1. The van der Waals surface area contributed by atoms with E-state index in [1.807, 2.05) is 24.3 Å². The maximum Gasteiger partial charge on any atom is 0.248 e. The number of aromatic nitrogens is 2. The van der Waals surface area contributed by atoms with Crippen molar-refractivity contribution in [2.24, 2.45) is 5.73 Å². The highest BCUT2D eigenvalue weighted by atomic mass is 35.5. The van der Waals surface area contributed by atoms with Crippen molar-refractivity contribution in [1.82, 2.24) is 9.97 Å². The number of imidazole rings is 1. The molecular formula is C24H25Cl2F2N3O. The molecule has 0 saturated heterocycles. The second-order valence-electron chi connectivity index (χ2n) is 8.55. The van der Waals surface area contributed by atoms with Crippen LogP contribution in [0.5, 0.6) is 0 Å². The van der Waals surface area contributed by atoms with Gasteiger partial charge in [-0.2, -0.15) is 0 Å².